The molecule has 2 aromatic carbocycles. The summed E-state index contributed by atoms with van der Waals surface area (Å²) in [6, 6.07) is 17.2. The number of aryl methyl sites for hydroxylation is 1. The van der Waals surface area contributed by atoms with Crippen molar-refractivity contribution in [2.75, 3.05) is 27.2 Å². The Hall–Kier alpha value is -2.35. The maximum absolute atomic E-state index is 9.11. The molecule has 1 atom stereocenters. The Morgan fingerprint density at radius 2 is 1.61 bits per heavy atom. The number of likely N-dealkylation sites (tertiary alicyclic amines) is 1. The molecule has 1 heterocycles. The quantitative estimate of drug-likeness (QED) is 0.718. The van der Waals surface area contributed by atoms with Crippen molar-refractivity contribution in [1.82, 2.24) is 4.90 Å². The molecule has 1 aliphatic heterocycles. The first-order valence-corrected chi connectivity index (χ1v) is 11.6. The Morgan fingerprint density at radius 1 is 0.968 bits per heavy atom. The zero-order valence-corrected chi connectivity index (χ0v) is 19.6. The standard InChI is InChI=1S/C15H18N2.C8H10O.C3H6.CH5N/c16-11-13-5-3-4-12-10-14(6-7-15(12)13)17-8-1-2-9-17;1-7-3-5-8(9-2)6-4-7;1-2-3-1;1-2/h3-5,14H,1-2,6-10H2;3-6H,1-2H3;1-3H2;2H2,1H3. The van der Waals surface area contributed by atoms with E-state index in [1.807, 2.05) is 36.4 Å². The Balaban J connectivity index is 0.000000204. The summed E-state index contributed by atoms with van der Waals surface area (Å²) in [5.74, 6) is 0.917. The lowest BCUT2D eigenvalue weighted by molar-refractivity contribution is 0.222. The van der Waals surface area contributed by atoms with E-state index in [1.54, 1.807) is 7.11 Å². The van der Waals surface area contributed by atoms with Gasteiger partial charge in [-0.15, -0.1) is 0 Å². The van der Waals surface area contributed by atoms with E-state index >= 15 is 0 Å². The second-order valence-corrected chi connectivity index (χ2v) is 8.27. The lowest BCUT2D eigenvalue weighted by Crippen LogP contribution is -2.37. The normalized spacial score (nSPS) is 18.5. The van der Waals surface area contributed by atoms with Crippen LogP contribution >= 0.6 is 0 Å². The van der Waals surface area contributed by atoms with Crippen LogP contribution in [0.3, 0.4) is 0 Å². The molecule has 0 aromatic heterocycles. The van der Waals surface area contributed by atoms with Crippen molar-refractivity contribution >= 4 is 0 Å². The van der Waals surface area contributed by atoms with Crippen molar-refractivity contribution in [3.63, 3.8) is 0 Å². The highest BCUT2D eigenvalue weighted by Crippen LogP contribution is 2.28. The molecule has 4 heteroatoms. The molecule has 2 fully saturated rings. The maximum atomic E-state index is 9.11. The molecule has 0 radical (unpaired) electrons. The number of benzene rings is 2. The molecule has 2 N–H and O–H groups in total. The topological polar surface area (TPSA) is 62.3 Å². The minimum Gasteiger partial charge on any atom is -0.497 e. The van der Waals surface area contributed by atoms with Gasteiger partial charge in [-0.25, -0.2) is 0 Å². The van der Waals surface area contributed by atoms with Crippen LogP contribution in [-0.2, 0) is 12.8 Å². The Morgan fingerprint density at radius 3 is 2.16 bits per heavy atom. The van der Waals surface area contributed by atoms with Crippen molar-refractivity contribution in [2.45, 2.75) is 64.3 Å². The van der Waals surface area contributed by atoms with Crippen LogP contribution in [-0.4, -0.2) is 38.2 Å². The first-order valence-electron chi connectivity index (χ1n) is 11.6. The minimum absolute atomic E-state index is 0.721. The fourth-order valence-electron chi connectivity index (χ4n) is 3.99. The van der Waals surface area contributed by atoms with Crippen molar-refractivity contribution in [3.8, 4) is 11.8 Å². The SMILES string of the molecule is C1CC1.CN.COc1ccc(C)cc1.N#Cc1cccc2c1CCC(N1CCCC1)C2. The summed E-state index contributed by atoms with van der Waals surface area (Å²) in [4.78, 5) is 2.64. The van der Waals surface area contributed by atoms with Crippen molar-refractivity contribution in [2.24, 2.45) is 5.73 Å². The number of nitrogens with two attached hydrogens (primary N) is 1. The van der Waals surface area contributed by atoms with Gasteiger partial charge >= 0.3 is 0 Å². The van der Waals surface area contributed by atoms with Gasteiger partial charge in [0.05, 0.1) is 18.7 Å². The molecule has 0 amide bonds. The number of rotatable bonds is 2. The Labute approximate surface area is 189 Å². The molecule has 2 aromatic rings. The molecule has 4 nitrogen and oxygen atoms in total. The monoisotopic (exact) mass is 421 g/mol. The molecule has 5 rings (SSSR count). The molecule has 2 aliphatic carbocycles. The minimum atomic E-state index is 0.721. The van der Waals surface area contributed by atoms with E-state index in [0.717, 1.165) is 30.2 Å². The number of ether oxygens (including phenoxy) is 1. The van der Waals surface area contributed by atoms with Gasteiger partial charge < -0.3 is 15.4 Å². The van der Waals surface area contributed by atoms with Crippen molar-refractivity contribution in [3.05, 3.63) is 64.7 Å². The first-order chi connectivity index (χ1) is 15.2. The zero-order chi connectivity index (χ0) is 22.5. The van der Waals surface area contributed by atoms with Crippen LogP contribution < -0.4 is 10.5 Å². The van der Waals surface area contributed by atoms with E-state index in [0.29, 0.717) is 0 Å². The van der Waals surface area contributed by atoms with Gasteiger partial charge in [0.25, 0.3) is 0 Å². The molecule has 3 aliphatic rings. The number of nitriles is 1. The van der Waals surface area contributed by atoms with Crippen LogP contribution in [0.2, 0.25) is 0 Å². The van der Waals surface area contributed by atoms with Crippen molar-refractivity contribution < 1.29 is 4.74 Å². The molecule has 1 saturated carbocycles. The fourth-order valence-corrected chi connectivity index (χ4v) is 3.99. The summed E-state index contributed by atoms with van der Waals surface area (Å²) in [5.41, 5.74) is 9.37. The molecule has 0 bridgehead atoms. The summed E-state index contributed by atoms with van der Waals surface area (Å²) in [5, 5.41) is 9.11. The molecule has 1 unspecified atom stereocenters. The summed E-state index contributed by atoms with van der Waals surface area (Å²) >= 11 is 0. The second kappa shape index (κ2) is 13.9. The number of nitrogens with zero attached hydrogens (tertiary/aromatic N) is 2. The fraction of sp³-hybridized carbons (Fsp3) is 0.519. The van der Waals surface area contributed by atoms with E-state index in [9.17, 15) is 0 Å². The first kappa shape index (κ1) is 24.9. The van der Waals surface area contributed by atoms with E-state index < -0.39 is 0 Å². The van der Waals surface area contributed by atoms with Gasteiger partial charge in [0.1, 0.15) is 5.75 Å². The Bertz CT molecular complexity index is 799. The zero-order valence-electron chi connectivity index (χ0n) is 19.6. The molecular formula is C27H39N3O. The number of hydrogen-bond donors (Lipinski definition) is 1. The molecule has 168 valence electrons. The predicted molar refractivity (Wildman–Crippen MR) is 129 cm³/mol. The van der Waals surface area contributed by atoms with Gasteiger partial charge in [-0.2, -0.15) is 5.26 Å². The van der Waals surface area contributed by atoms with Gasteiger partial charge in [0, 0.05) is 6.04 Å². The summed E-state index contributed by atoms with van der Waals surface area (Å²) in [6.45, 7) is 4.61. The largest absolute Gasteiger partial charge is 0.497 e. The predicted octanol–water partition coefficient (Wildman–Crippen LogP) is 5.26. The lowest BCUT2D eigenvalue weighted by Gasteiger charge is -2.32. The molecule has 1 saturated heterocycles. The third-order valence-electron chi connectivity index (χ3n) is 5.84. The number of fused-ring (bicyclic) bond motifs is 1. The van der Waals surface area contributed by atoms with E-state index in [-0.39, 0.29) is 0 Å². The van der Waals surface area contributed by atoms with Crippen LogP contribution in [0, 0.1) is 18.3 Å². The molecule has 0 spiro atoms. The van der Waals surface area contributed by atoms with Crippen LogP contribution in [0.4, 0.5) is 0 Å². The third kappa shape index (κ3) is 8.36. The number of methoxy groups -OCH3 is 1. The van der Waals surface area contributed by atoms with Crippen LogP contribution in [0.1, 0.15) is 60.8 Å². The third-order valence-corrected chi connectivity index (χ3v) is 5.84. The van der Waals surface area contributed by atoms with E-state index in [2.05, 4.69) is 29.7 Å². The van der Waals surface area contributed by atoms with Crippen LogP contribution in [0.15, 0.2) is 42.5 Å². The smallest absolute Gasteiger partial charge is 0.118 e. The van der Waals surface area contributed by atoms with Gasteiger partial charge in [0.15, 0.2) is 0 Å². The molecular weight excluding hydrogens is 382 g/mol. The molecule has 31 heavy (non-hydrogen) atoms. The highest BCUT2D eigenvalue weighted by molar-refractivity contribution is 5.44. The maximum Gasteiger partial charge on any atom is 0.118 e. The summed E-state index contributed by atoms with van der Waals surface area (Å²) in [6.07, 6.45) is 10.7. The van der Waals surface area contributed by atoms with Gasteiger partial charge in [-0.05, 0) is 88.5 Å². The van der Waals surface area contributed by atoms with Crippen LogP contribution in [0.5, 0.6) is 5.75 Å². The highest BCUT2D eigenvalue weighted by Gasteiger charge is 2.26. The van der Waals surface area contributed by atoms with Crippen molar-refractivity contribution in [1.29, 1.82) is 5.26 Å². The van der Waals surface area contributed by atoms with Gasteiger partial charge in [0.2, 0.25) is 0 Å². The number of hydrogen-bond acceptors (Lipinski definition) is 4. The van der Waals surface area contributed by atoms with Crippen LogP contribution in [0.25, 0.3) is 0 Å². The average molecular weight is 422 g/mol. The summed E-state index contributed by atoms with van der Waals surface area (Å²) in [7, 11) is 3.17. The van der Waals surface area contributed by atoms with Gasteiger partial charge in [-0.3, -0.25) is 0 Å². The van der Waals surface area contributed by atoms with E-state index in [1.165, 1.54) is 75.4 Å². The lowest BCUT2D eigenvalue weighted by atomic mass is 9.85. The summed E-state index contributed by atoms with van der Waals surface area (Å²) < 4.78 is 4.97. The van der Waals surface area contributed by atoms with Gasteiger partial charge in [-0.1, -0.05) is 49.1 Å². The highest BCUT2D eigenvalue weighted by atomic mass is 16.5. The Kier molecular flexibility index (Phi) is 11.1. The van der Waals surface area contributed by atoms with E-state index in [4.69, 9.17) is 10.00 Å². The average Bonchev–Trinajstić information content (AvgIpc) is 3.62. The second-order valence-electron chi connectivity index (χ2n) is 8.27.